The molecule has 0 saturated heterocycles. The first-order valence-electron chi connectivity index (χ1n) is 5.50. The summed E-state index contributed by atoms with van der Waals surface area (Å²) < 4.78 is 9.88. The van der Waals surface area contributed by atoms with Crippen LogP contribution in [0.3, 0.4) is 0 Å². The number of aldehydes is 1. The van der Waals surface area contributed by atoms with Gasteiger partial charge in [-0.3, -0.25) is 4.79 Å². The highest BCUT2D eigenvalue weighted by Gasteiger charge is 2.11. The van der Waals surface area contributed by atoms with E-state index in [4.69, 9.17) is 9.47 Å². The van der Waals surface area contributed by atoms with Crippen molar-refractivity contribution in [3.63, 3.8) is 0 Å². The lowest BCUT2D eigenvalue weighted by Crippen LogP contribution is -2.01. The molecule has 0 amide bonds. The Morgan fingerprint density at radius 2 is 2.00 bits per heavy atom. The van der Waals surface area contributed by atoms with E-state index in [-0.39, 0.29) is 0 Å². The molecule has 0 saturated carbocycles. The summed E-state index contributed by atoms with van der Waals surface area (Å²) >= 11 is 1.36. The topological polar surface area (TPSA) is 52.6 Å². The van der Waals surface area contributed by atoms with Crippen LogP contribution in [0.1, 0.15) is 20.0 Å². The van der Waals surface area contributed by atoms with Gasteiger partial charge < -0.3 is 9.47 Å². The Kier molecular flexibility index (Phi) is 3.97. The normalized spacial score (nSPS) is 10.0. The molecule has 19 heavy (non-hydrogen) atoms. The van der Waals surface area contributed by atoms with Gasteiger partial charge >= 0.3 is 5.97 Å². The van der Waals surface area contributed by atoms with E-state index in [1.54, 1.807) is 18.2 Å². The number of ether oxygens (including phenoxy) is 2. The van der Waals surface area contributed by atoms with Crippen LogP contribution in [0, 0.1) is 0 Å². The number of carbonyl (C=O) groups excluding carboxylic acids is 2. The molecular formula is C14H12O4S. The maximum atomic E-state index is 11.6. The van der Waals surface area contributed by atoms with E-state index >= 15 is 0 Å². The van der Waals surface area contributed by atoms with Gasteiger partial charge in [-0.25, -0.2) is 4.79 Å². The summed E-state index contributed by atoms with van der Waals surface area (Å²) in [6, 6.07) is 8.72. The molecule has 98 valence electrons. The second kappa shape index (κ2) is 5.67. The third kappa shape index (κ3) is 2.82. The SMILES string of the molecule is COC(=O)c1cc(OC)cc(-c2ccc(C=O)s2)c1. The summed E-state index contributed by atoms with van der Waals surface area (Å²) in [4.78, 5) is 23.8. The highest BCUT2D eigenvalue weighted by molar-refractivity contribution is 7.17. The monoisotopic (exact) mass is 276 g/mol. The van der Waals surface area contributed by atoms with Crippen molar-refractivity contribution < 1.29 is 19.1 Å². The van der Waals surface area contributed by atoms with Gasteiger partial charge in [-0.1, -0.05) is 0 Å². The van der Waals surface area contributed by atoms with Crippen molar-refractivity contribution in [2.45, 2.75) is 0 Å². The van der Waals surface area contributed by atoms with Gasteiger partial charge in [0.15, 0.2) is 6.29 Å². The zero-order chi connectivity index (χ0) is 13.8. The van der Waals surface area contributed by atoms with Gasteiger partial charge in [0.05, 0.1) is 24.7 Å². The fourth-order valence-corrected chi connectivity index (χ4v) is 2.48. The van der Waals surface area contributed by atoms with E-state index in [0.717, 1.165) is 16.7 Å². The third-order valence-corrected chi connectivity index (χ3v) is 3.65. The maximum absolute atomic E-state index is 11.6. The first kappa shape index (κ1) is 13.3. The number of esters is 1. The van der Waals surface area contributed by atoms with Crippen molar-refractivity contribution in [1.29, 1.82) is 0 Å². The third-order valence-electron chi connectivity index (χ3n) is 2.59. The lowest BCUT2D eigenvalue weighted by molar-refractivity contribution is 0.0600. The Morgan fingerprint density at radius 3 is 2.58 bits per heavy atom. The number of hydrogen-bond donors (Lipinski definition) is 0. The summed E-state index contributed by atoms with van der Waals surface area (Å²) in [5, 5.41) is 0. The fraction of sp³-hybridized carbons (Fsp3) is 0.143. The largest absolute Gasteiger partial charge is 0.497 e. The molecule has 0 aliphatic rings. The molecular weight excluding hydrogens is 264 g/mol. The summed E-state index contributed by atoms with van der Waals surface area (Å²) in [7, 11) is 2.86. The van der Waals surface area contributed by atoms with E-state index in [0.29, 0.717) is 16.2 Å². The van der Waals surface area contributed by atoms with Gasteiger partial charge in [0.1, 0.15) is 5.75 Å². The highest BCUT2D eigenvalue weighted by atomic mass is 32.1. The molecule has 1 aromatic carbocycles. The molecule has 0 aliphatic heterocycles. The van der Waals surface area contributed by atoms with Crippen LogP contribution in [0.4, 0.5) is 0 Å². The van der Waals surface area contributed by atoms with Gasteiger partial charge in [0, 0.05) is 4.88 Å². The van der Waals surface area contributed by atoms with Crippen LogP contribution in [-0.2, 0) is 4.74 Å². The van der Waals surface area contributed by atoms with E-state index < -0.39 is 5.97 Å². The van der Waals surface area contributed by atoms with Crippen molar-refractivity contribution in [3.05, 3.63) is 40.8 Å². The number of carbonyl (C=O) groups is 2. The van der Waals surface area contributed by atoms with Crippen molar-refractivity contribution in [2.24, 2.45) is 0 Å². The van der Waals surface area contributed by atoms with Crippen molar-refractivity contribution >= 4 is 23.6 Å². The Bertz CT molecular complexity index is 616. The van der Waals surface area contributed by atoms with E-state index in [1.165, 1.54) is 25.6 Å². The van der Waals surface area contributed by atoms with Gasteiger partial charge in [0.25, 0.3) is 0 Å². The van der Waals surface area contributed by atoms with E-state index in [1.807, 2.05) is 12.1 Å². The molecule has 0 atom stereocenters. The Labute approximate surface area is 114 Å². The number of thiophene rings is 1. The average molecular weight is 276 g/mol. The van der Waals surface area contributed by atoms with Gasteiger partial charge in [-0.15, -0.1) is 11.3 Å². The number of hydrogen-bond acceptors (Lipinski definition) is 5. The zero-order valence-corrected chi connectivity index (χ0v) is 11.3. The van der Waals surface area contributed by atoms with E-state index in [2.05, 4.69) is 0 Å². The molecule has 2 rings (SSSR count). The molecule has 0 bridgehead atoms. The molecule has 5 heteroatoms. The van der Waals surface area contributed by atoms with Crippen LogP contribution in [0.25, 0.3) is 10.4 Å². The molecule has 2 aromatic rings. The van der Waals surface area contributed by atoms with Gasteiger partial charge in [0.2, 0.25) is 0 Å². The fourth-order valence-electron chi connectivity index (χ4n) is 1.67. The number of methoxy groups -OCH3 is 2. The molecule has 0 radical (unpaired) electrons. The predicted molar refractivity (Wildman–Crippen MR) is 73.0 cm³/mol. The molecule has 4 nitrogen and oxygen atoms in total. The first-order chi connectivity index (χ1) is 9.17. The summed E-state index contributed by atoms with van der Waals surface area (Å²) in [5.41, 5.74) is 1.23. The Morgan fingerprint density at radius 1 is 1.21 bits per heavy atom. The van der Waals surface area contributed by atoms with Gasteiger partial charge in [-0.2, -0.15) is 0 Å². The smallest absolute Gasteiger partial charge is 0.338 e. The number of rotatable bonds is 4. The predicted octanol–water partition coefficient (Wildman–Crippen LogP) is 3.02. The van der Waals surface area contributed by atoms with Gasteiger partial charge in [-0.05, 0) is 35.9 Å². The van der Waals surface area contributed by atoms with Crippen molar-refractivity contribution in [1.82, 2.24) is 0 Å². The minimum atomic E-state index is -0.424. The Balaban J connectivity index is 2.49. The van der Waals surface area contributed by atoms with Crippen molar-refractivity contribution in [2.75, 3.05) is 14.2 Å². The quantitative estimate of drug-likeness (QED) is 0.636. The van der Waals surface area contributed by atoms with Crippen molar-refractivity contribution in [3.8, 4) is 16.2 Å². The lowest BCUT2D eigenvalue weighted by Gasteiger charge is -2.06. The number of benzene rings is 1. The standard InChI is InChI=1S/C14H12O4S/c1-17-11-6-9(5-10(7-11)14(16)18-2)13-4-3-12(8-15)19-13/h3-8H,1-2H3. The molecule has 1 heterocycles. The summed E-state index contributed by atoms with van der Waals surface area (Å²) in [6.45, 7) is 0. The zero-order valence-electron chi connectivity index (χ0n) is 10.5. The molecule has 1 aromatic heterocycles. The van der Waals surface area contributed by atoms with E-state index in [9.17, 15) is 9.59 Å². The Hall–Kier alpha value is -2.14. The van der Waals surface area contributed by atoms with Crippen LogP contribution >= 0.6 is 11.3 Å². The lowest BCUT2D eigenvalue weighted by atomic mass is 10.1. The summed E-state index contributed by atoms with van der Waals surface area (Å²) in [5.74, 6) is 0.145. The molecule has 0 fully saturated rings. The van der Waals surface area contributed by atoms with Crippen LogP contribution in [0.2, 0.25) is 0 Å². The van der Waals surface area contributed by atoms with Crippen LogP contribution in [0.15, 0.2) is 30.3 Å². The van der Waals surface area contributed by atoms with Crippen LogP contribution in [0.5, 0.6) is 5.75 Å². The molecule has 0 aliphatic carbocycles. The minimum absolute atomic E-state index is 0.415. The first-order valence-corrected chi connectivity index (χ1v) is 6.32. The van der Waals surface area contributed by atoms with Crippen LogP contribution in [-0.4, -0.2) is 26.5 Å². The minimum Gasteiger partial charge on any atom is -0.497 e. The second-order valence-corrected chi connectivity index (χ2v) is 4.88. The molecule has 0 N–H and O–H groups in total. The summed E-state index contributed by atoms with van der Waals surface area (Å²) in [6.07, 6.45) is 0.801. The molecule has 0 unspecified atom stereocenters. The second-order valence-electron chi connectivity index (χ2n) is 3.76. The van der Waals surface area contributed by atoms with Crippen LogP contribution < -0.4 is 4.74 Å². The highest BCUT2D eigenvalue weighted by Crippen LogP contribution is 2.31. The average Bonchev–Trinajstić information content (AvgIpc) is 2.94. The maximum Gasteiger partial charge on any atom is 0.338 e. The molecule has 0 spiro atoms.